The molecule has 0 saturated carbocycles. The van der Waals surface area contributed by atoms with Crippen molar-refractivity contribution in [2.75, 3.05) is 12.0 Å². The van der Waals surface area contributed by atoms with Crippen LogP contribution in [-0.2, 0) is 4.79 Å². The first-order valence-corrected chi connectivity index (χ1v) is 10.6. The Morgan fingerprint density at radius 2 is 1.88 bits per heavy atom. The molecule has 3 nitrogen and oxygen atoms in total. The molecule has 1 aliphatic heterocycles. The number of carbonyl (C=O) groups is 2. The monoisotopic (exact) mass is 371 g/mol. The van der Waals surface area contributed by atoms with Crippen molar-refractivity contribution in [3.8, 4) is 0 Å². The van der Waals surface area contributed by atoms with Crippen LogP contribution in [0.2, 0.25) is 0 Å². The van der Waals surface area contributed by atoms with Crippen molar-refractivity contribution >= 4 is 35.2 Å². The van der Waals surface area contributed by atoms with Gasteiger partial charge >= 0.3 is 0 Å². The van der Waals surface area contributed by atoms with Crippen molar-refractivity contribution in [3.05, 3.63) is 59.7 Å². The molecule has 1 atom stereocenters. The summed E-state index contributed by atoms with van der Waals surface area (Å²) in [6.45, 7) is 0. The molecule has 0 aromatic heterocycles. The third kappa shape index (κ3) is 4.67. The number of Topliss-reactive ketones (excluding diaryl/α,β-unsaturated/α-hetero) is 1. The van der Waals surface area contributed by atoms with Crippen molar-refractivity contribution in [2.24, 2.45) is 0 Å². The normalized spacial score (nSPS) is 16.1. The Hall–Kier alpha value is -1.72. The van der Waals surface area contributed by atoms with E-state index < -0.39 is 0 Å². The highest BCUT2D eigenvalue weighted by Crippen LogP contribution is 2.35. The van der Waals surface area contributed by atoms with E-state index in [9.17, 15) is 9.59 Å². The van der Waals surface area contributed by atoms with Gasteiger partial charge in [0.2, 0.25) is 5.91 Å². The van der Waals surface area contributed by atoms with E-state index in [0.717, 1.165) is 17.1 Å². The first-order chi connectivity index (χ1) is 12.2. The Morgan fingerprint density at radius 1 is 1.12 bits per heavy atom. The van der Waals surface area contributed by atoms with Crippen molar-refractivity contribution in [1.82, 2.24) is 5.32 Å². The zero-order chi connectivity index (χ0) is 17.6. The Bertz CT molecular complexity index is 759. The topological polar surface area (TPSA) is 46.2 Å². The highest BCUT2D eigenvalue weighted by atomic mass is 32.2. The van der Waals surface area contributed by atoms with Gasteiger partial charge in [-0.3, -0.25) is 9.59 Å². The van der Waals surface area contributed by atoms with Crippen LogP contribution >= 0.6 is 23.5 Å². The fraction of sp³-hybridized carbons (Fsp3) is 0.300. The lowest BCUT2D eigenvalue weighted by Crippen LogP contribution is -2.30. The molecule has 0 radical (unpaired) electrons. The first-order valence-electron chi connectivity index (χ1n) is 8.35. The van der Waals surface area contributed by atoms with Gasteiger partial charge in [0.25, 0.3) is 0 Å². The number of fused-ring (bicyclic) bond motifs is 1. The number of thioether (sulfide) groups is 2. The fourth-order valence-electron chi connectivity index (χ4n) is 2.91. The van der Waals surface area contributed by atoms with Crippen LogP contribution in [0.3, 0.4) is 0 Å². The highest BCUT2D eigenvalue weighted by molar-refractivity contribution is 7.99. The molecule has 5 heteroatoms. The van der Waals surface area contributed by atoms with Gasteiger partial charge in [-0.05, 0) is 36.4 Å². The number of nitrogens with one attached hydrogen (secondary N) is 1. The molecule has 130 valence electrons. The van der Waals surface area contributed by atoms with E-state index in [4.69, 9.17) is 0 Å². The van der Waals surface area contributed by atoms with Gasteiger partial charge in [-0.15, -0.1) is 23.5 Å². The minimum absolute atomic E-state index is 0.0161. The van der Waals surface area contributed by atoms with Crippen molar-refractivity contribution < 1.29 is 9.59 Å². The lowest BCUT2D eigenvalue weighted by Gasteiger charge is -2.25. The summed E-state index contributed by atoms with van der Waals surface area (Å²) in [6.07, 6.45) is 3.41. The summed E-state index contributed by atoms with van der Waals surface area (Å²) in [6, 6.07) is 15.8. The summed E-state index contributed by atoms with van der Waals surface area (Å²) >= 11 is 3.48. The van der Waals surface area contributed by atoms with Gasteiger partial charge in [0.15, 0.2) is 5.78 Å². The standard InChI is InChI=1S/C20H21NO2S2/c1-24-15-8-6-14(7-9-15)18(22)10-11-20(23)21-17-12-13-25-19-5-3-2-4-16(17)19/h2-9,17H,10-13H2,1H3,(H,21,23)/t17-/m1/s1. The summed E-state index contributed by atoms with van der Waals surface area (Å²) < 4.78 is 0. The number of hydrogen-bond donors (Lipinski definition) is 1. The molecule has 1 aliphatic rings. The van der Waals surface area contributed by atoms with Gasteiger partial charge in [-0.25, -0.2) is 0 Å². The summed E-state index contributed by atoms with van der Waals surface area (Å²) in [4.78, 5) is 26.9. The average molecular weight is 372 g/mol. The molecule has 0 aliphatic carbocycles. The predicted octanol–water partition coefficient (Wildman–Crippen LogP) is 4.72. The van der Waals surface area contributed by atoms with Crippen molar-refractivity contribution in [2.45, 2.75) is 35.1 Å². The smallest absolute Gasteiger partial charge is 0.220 e. The lowest BCUT2D eigenvalue weighted by molar-refractivity contribution is -0.121. The minimum Gasteiger partial charge on any atom is -0.349 e. The molecule has 0 saturated heterocycles. The Labute approximate surface area is 157 Å². The van der Waals surface area contributed by atoms with Gasteiger partial charge in [0.05, 0.1) is 6.04 Å². The summed E-state index contributed by atoms with van der Waals surface area (Å²) in [5.74, 6) is 0.964. The zero-order valence-corrected chi connectivity index (χ0v) is 15.8. The molecule has 0 fully saturated rings. The van der Waals surface area contributed by atoms with Crippen LogP contribution in [0.5, 0.6) is 0 Å². The maximum atomic E-state index is 12.3. The second-order valence-corrected chi connectivity index (χ2v) is 7.96. The van der Waals surface area contributed by atoms with E-state index in [1.165, 1.54) is 10.5 Å². The summed E-state index contributed by atoms with van der Waals surface area (Å²) in [5.41, 5.74) is 1.86. The Balaban J connectivity index is 1.54. The van der Waals surface area contributed by atoms with E-state index >= 15 is 0 Å². The van der Waals surface area contributed by atoms with E-state index in [-0.39, 0.29) is 30.6 Å². The third-order valence-corrected chi connectivity index (χ3v) is 6.15. The first kappa shape index (κ1) is 18.1. The van der Waals surface area contributed by atoms with E-state index in [1.54, 1.807) is 11.8 Å². The maximum Gasteiger partial charge on any atom is 0.220 e. The second kappa shape index (κ2) is 8.59. The number of benzene rings is 2. The van der Waals surface area contributed by atoms with Gasteiger partial charge < -0.3 is 5.32 Å². The zero-order valence-electron chi connectivity index (χ0n) is 14.2. The molecule has 2 aromatic carbocycles. The summed E-state index contributed by atoms with van der Waals surface area (Å²) in [7, 11) is 0. The van der Waals surface area contributed by atoms with Crippen molar-refractivity contribution in [1.29, 1.82) is 0 Å². The van der Waals surface area contributed by atoms with Gasteiger partial charge in [-0.2, -0.15) is 0 Å². The fourth-order valence-corrected chi connectivity index (χ4v) is 4.44. The van der Waals surface area contributed by atoms with Crippen LogP contribution in [0.1, 0.15) is 41.2 Å². The van der Waals surface area contributed by atoms with Crippen LogP contribution in [-0.4, -0.2) is 23.7 Å². The van der Waals surface area contributed by atoms with E-state index in [2.05, 4.69) is 17.4 Å². The molecule has 0 bridgehead atoms. The average Bonchev–Trinajstić information content (AvgIpc) is 2.66. The summed E-state index contributed by atoms with van der Waals surface area (Å²) in [5, 5.41) is 3.09. The second-order valence-electron chi connectivity index (χ2n) is 5.95. The molecule has 1 N–H and O–H groups in total. The van der Waals surface area contributed by atoms with Crippen LogP contribution in [0, 0.1) is 0 Å². The molecule has 0 unspecified atom stereocenters. The number of ketones is 1. The van der Waals surface area contributed by atoms with E-state index in [1.807, 2.05) is 54.4 Å². The van der Waals surface area contributed by atoms with Crippen LogP contribution in [0.15, 0.2) is 58.3 Å². The number of rotatable bonds is 6. The molecule has 1 amide bonds. The van der Waals surface area contributed by atoms with Crippen LogP contribution < -0.4 is 5.32 Å². The molecule has 1 heterocycles. The number of carbonyl (C=O) groups excluding carboxylic acids is 2. The third-order valence-electron chi connectivity index (χ3n) is 4.28. The number of hydrogen-bond acceptors (Lipinski definition) is 4. The maximum absolute atomic E-state index is 12.3. The van der Waals surface area contributed by atoms with Crippen LogP contribution in [0.4, 0.5) is 0 Å². The molecular formula is C20H21NO2S2. The van der Waals surface area contributed by atoms with Gasteiger partial charge in [0, 0.05) is 33.9 Å². The van der Waals surface area contributed by atoms with Gasteiger partial charge in [-0.1, -0.05) is 30.3 Å². The van der Waals surface area contributed by atoms with Crippen LogP contribution in [0.25, 0.3) is 0 Å². The number of amides is 1. The highest BCUT2D eigenvalue weighted by Gasteiger charge is 2.22. The Kier molecular flexibility index (Phi) is 6.21. The molecule has 0 spiro atoms. The minimum atomic E-state index is -0.0548. The van der Waals surface area contributed by atoms with E-state index in [0.29, 0.717) is 5.56 Å². The molecule has 2 aromatic rings. The quantitative estimate of drug-likeness (QED) is 0.589. The molecular weight excluding hydrogens is 350 g/mol. The van der Waals surface area contributed by atoms with Gasteiger partial charge in [0.1, 0.15) is 0 Å². The largest absolute Gasteiger partial charge is 0.349 e. The Morgan fingerprint density at radius 3 is 2.64 bits per heavy atom. The predicted molar refractivity (Wildman–Crippen MR) is 104 cm³/mol. The SMILES string of the molecule is CSc1ccc(C(=O)CCC(=O)N[C@@H]2CCSc3ccccc32)cc1. The lowest BCUT2D eigenvalue weighted by atomic mass is 10.0. The molecule has 3 rings (SSSR count). The van der Waals surface area contributed by atoms with Crippen molar-refractivity contribution in [3.63, 3.8) is 0 Å². The molecule has 25 heavy (non-hydrogen) atoms.